The number of nitrogens with zero attached hydrogens (tertiary/aromatic N) is 1. The van der Waals surface area contributed by atoms with Gasteiger partial charge in [0.1, 0.15) is 11.3 Å². The molecule has 0 aliphatic heterocycles. The zero-order valence-corrected chi connectivity index (χ0v) is 16.3. The lowest BCUT2D eigenvalue weighted by Gasteiger charge is -2.08. The normalized spacial score (nSPS) is 11.0. The summed E-state index contributed by atoms with van der Waals surface area (Å²) in [4.78, 5) is 17.5. The molecule has 0 spiro atoms. The topological polar surface area (TPSA) is 64.4 Å². The van der Waals surface area contributed by atoms with Crippen LogP contribution in [-0.4, -0.2) is 18.0 Å². The Bertz CT molecular complexity index is 1370. The molecule has 0 aliphatic carbocycles. The first kappa shape index (κ1) is 17.9. The molecule has 4 aromatic carbocycles. The summed E-state index contributed by atoms with van der Waals surface area (Å²) in [7, 11) is 1.63. The van der Waals surface area contributed by atoms with Gasteiger partial charge in [-0.05, 0) is 59.3 Å². The van der Waals surface area contributed by atoms with E-state index in [0.29, 0.717) is 28.2 Å². The molecule has 1 N–H and O–H groups in total. The van der Waals surface area contributed by atoms with Crippen molar-refractivity contribution in [3.8, 4) is 17.2 Å². The molecule has 0 saturated heterocycles. The third-order valence-corrected chi connectivity index (χ3v) is 5.02. The second kappa shape index (κ2) is 7.37. The molecule has 1 aromatic heterocycles. The van der Waals surface area contributed by atoms with Crippen LogP contribution >= 0.6 is 0 Å². The zero-order chi connectivity index (χ0) is 20.5. The largest absolute Gasteiger partial charge is 0.497 e. The van der Waals surface area contributed by atoms with E-state index < -0.39 is 0 Å². The highest BCUT2D eigenvalue weighted by atomic mass is 16.5. The van der Waals surface area contributed by atoms with Crippen LogP contribution < -0.4 is 10.1 Å². The Labute approximate surface area is 172 Å². The Hall–Kier alpha value is -4.12. The Morgan fingerprint density at radius 3 is 2.57 bits per heavy atom. The lowest BCUT2D eigenvalue weighted by molar-refractivity contribution is 0.102. The summed E-state index contributed by atoms with van der Waals surface area (Å²) in [6.07, 6.45) is 0. The number of benzene rings is 4. The summed E-state index contributed by atoms with van der Waals surface area (Å²) in [6.45, 7) is 0. The number of rotatable bonds is 4. The molecule has 30 heavy (non-hydrogen) atoms. The lowest BCUT2D eigenvalue weighted by atomic mass is 10.0. The predicted octanol–water partition coefficient (Wildman–Crippen LogP) is 5.91. The monoisotopic (exact) mass is 394 g/mol. The highest BCUT2D eigenvalue weighted by Gasteiger charge is 2.13. The molecule has 0 saturated carbocycles. The van der Waals surface area contributed by atoms with E-state index >= 15 is 0 Å². The number of carbonyl (C=O) groups excluding carboxylic acids is 1. The third kappa shape index (κ3) is 3.26. The van der Waals surface area contributed by atoms with Crippen LogP contribution in [-0.2, 0) is 0 Å². The summed E-state index contributed by atoms with van der Waals surface area (Å²) in [5, 5.41) is 4.92. The van der Waals surface area contributed by atoms with Gasteiger partial charge < -0.3 is 14.5 Å². The average Bonchev–Trinajstić information content (AvgIpc) is 3.22. The van der Waals surface area contributed by atoms with Crippen molar-refractivity contribution in [2.24, 2.45) is 0 Å². The number of hydrogen-bond acceptors (Lipinski definition) is 4. The molecular formula is C25H18N2O3. The molecule has 1 amide bonds. The molecule has 0 atom stereocenters. The molecule has 1 heterocycles. The lowest BCUT2D eigenvalue weighted by Crippen LogP contribution is -2.12. The fraction of sp³-hybridized carbons (Fsp3) is 0.0400. The molecule has 0 fully saturated rings. The first-order valence-corrected chi connectivity index (χ1v) is 9.55. The number of oxazole rings is 1. The van der Waals surface area contributed by atoms with Crippen LogP contribution in [0.1, 0.15) is 10.4 Å². The van der Waals surface area contributed by atoms with Crippen molar-refractivity contribution in [3.63, 3.8) is 0 Å². The zero-order valence-electron chi connectivity index (χ0n) is 16.3. The van der Waals surface area contributed by atoms with E-state index in [-0.39, 0.29) is 5.91 Å². The molecule has 0 radical (unpaired) electrons. The van der Waals surface area contributed by atoms with Crippen LogP contribution in [0.2, 0.25) is 0 Å². The van der Waals surface area contributed by atoms with E-state index in [4.69, 9.17) is 9.15 Å². The van der Waals surface area contributed by atoms with E-state index in [1.165, 1.54) is 0 Å². The highest BCUT2D eigenvalue weighted by molar-refractivity contribution is 6.13. The molecule has 146 valence electrons. The molecule has 0 unspecified atom stereocenters. The van der Waals surface area contributed by atoms with E-state index in [2.05, 4.69) is 10.3 Å². The van der Waals surface area contributed by atoms with Crippen LogP contribution in [0.25, 0.3) is 33.3 Å². The van der Waals surface area contributed by atoms with Crippen LogP contribution in [0.4, 0.5) is 5.69 Å². The average molecular weight is 394 g/mol. The Morgan fingerprint density at radius 1 is 0.933 bits per heavy atom. The second-order valence-corrected chi connectivity index (χ2v) is 6.91. The predicted molar refractivity (Wildman–Crippen MR) is 118 cm³/mol. The maximum Gasteiger partial charge on any atom is 0.256 e. The molecule has 5 heteroatoms. The number of hydrogen-bond donors (Lipinski definition) is 1. The standard InChI is InChI=1S/C25H18N2O3/c1-29-19-12-9-17(10-13-19)25-27-22-15-18(11-14-23(22)30-25)26-24(28)21-8-4-6-16-5-2-3-7-20(16)21/h2-15H,1H3,(H,26,28). The van der Waals surface area contributed by atoms with Gasteiger partial charge in [0, 0.05) is 16.8 Å². The van der Waals surface area contributed by atoms with Gasteiger partial charge in [-0.1, -0.05) is 36.4 Å². The number of amides is 1. The SMILES string of the molecule is COc1ccc(-c2nc3cc(NC(=O)c4cccc5ccccc45)ccc3o2)cc1. The first-order valence-electron chi connectivity index (χ1n) is 9.55. The van der Waals surface area contributed by atoms with Crippen molar-refractivity contribution in [3.05, 3.63) is 90.5 Å². The third-order valence-electron chi connectivity index (χ3n) is 5.02. The maximum atomic E-state index is 12.9. The highest BCUT2D eigenvalue weighted by Crippen LogP contribution is 2.28. The van der Waals surface area contributed by atoms with E-state index in [1.807, 2.05) is 84.9 Å². The Balaban J connectivity index is 1.44. The molecule has 5 aromatic rings. The van der Waals surface area contributed by atoms with Gasteiger partial charge in [0.25, 0.3) is 5.91 Å². The first-order chi connectivity index (χ1) is 14.7. The molecule has 5 nitrogen and oxygen atoms in total. The number of fused-ring (bicyclic) bond motifs is 2. The van der Waals surface area contributed by atoms with Crippen LogP contribution in [0.3, 0.4) is 0 Å². The van der Waals surface area contributed by atoms with Gasteiger partial charge >= 0.3 is 0 Å². The van der Waals surface area contributed by atoms with Crippen molar-refractivity contribution in [1.29, 1.82) is 0 Å². The van der Waals surface area contributed by atoms with Crippen molar-refractivity contribution in [2.75, 3.05) is 12.4 Å². The van der Waals surface area contributed by atoms with Gasteiger partial charge in [0.2, 0.25) is 5.89 Å². The van der Waals surface area contributed by atoms with Crippen LogP contribution in [0.5, 0.6) is 5.75 Å². The minimum absolute atomic E-state index is 0.162. The number of aromatic nitrogens is 1. The number of nitrogens with one attached hydrogen (secondary N) is 1. The number of ether oxygens (including phenoxy) is 1. The molecular weight excluding hydrogens is 376 g/mol. The van der Waals surface area contributed by atoms with Crippen LogP contribution in [0, 0.1) is 0 Å². The van der Waals surface area contributed by atoms with Gasteiger partial charge in [-0.25, -0.2) is 4.98 Å². The Morgan fingerprint density at radius 2 is 1.73 bits per heavy atom. The van der Waals surface area contributed by atoms with Gasteiger partial charge in [0.15, 0.2) is 5.58 Å². The minimum Gasteiger partial charge on any atom is -0.497 e. The van der Waals surface area contributed by atoms with Gasteiger partial charge in [-0.15, -0.1) is 0 Å². The quantitative estimate of drug-likeness (QED) is 0.412. The summed E-state index contributed by atoms with van der Waals surface area (Å²) in [6, 6.07) is 26.5. The minimum atomic E-state index is -0.162. The van der Waals surface area contributed by atoms with Gasteiger partial charge in [0.05, 0.1) is 7.11 Å². The van der Waals surface area contributed by atoms with E-state index in [1.54, 1.807) is 7.11 Å². The summed E-state index contributed by atoms with van der Waals surface area (Å²) < 4.78 is 11.1. The number of anilines is 1. The van der Waals surface area contributed by atoms with E-state index in [0.717, 1.165) is 22.1 Å². The fourth-order valence-corrected chi connectivity index (χ4v) is 3.48. The smallest absolute Gasteiger partial charge is 0.256 e. The van der Waals surface area contributed by atoms with Crippen molar-refractivity contribution < 1.29 is 13.9 Å². The van der Waals surface area contributed by atoms with Gasteiger partial charge in [-0.3, -0.25) is 4.79 Å². The summed E-state index contributed by atoms with van der Waals surface area (Å²) in [5.41, 5.74) is 3.48. The Kier molecular flexibility index (Phi) is 4.41. The second-order valence-electron chi connectivity index (χ2n) is 6.91. The number of carbonyl (C=O) groups is 1. The summed E-state index contributed by atoms with van der Waals surface area (Å²) in [5.74, 6) is 1.13. The van der Waals surface area contributed by atoms with Crippen molar-refractivity contribution in [2.45, 2.75) is 0 Å². The maximum absolute atomic E-state index is 12.9. The molecule has 5 rings (SSSR count). The molecule has 0 aliphatic rings. The van der Waals surface area contributed by atoms with Crippen molar-refractivity contribution >= 4 is 33.5 Å². The number of methoxy groups -OCH3 is 1. The van der Waals surface area contributed by atoms with Crippen LogP contribution in [0.15, 0.2) is 89.3 Å². The molecule has 0 bridgehead atoms. The fourth-order valence-electron chi connectivity index (χ4n) is 3.48. The summed E-state index contributed by atoms with van der Waals surface area (Å²) >= 11 is 0. The van der Waals surface area contributed by atoms with Crippen molar-refractivity contribution in [1.82, 2.24) is 4.98 Å². The van der Waals surface area contributed by atoms with E-state index in [9.17, 15) is 4.79 Å². The van der Waals surface area contributed by atoms with Gasteiger partial charge in [-0.2, -0.15) is 0 Å².